The van der Waals surface area contributed by atoms with Gasteiger partial charge >= 0.3 is 6.36 Å². The molecule has 0 amide bonds. The third kappa shape index (κ3) is 8.81. The van der Waals surface area contributed by atoms with Gasteiger partial charge in [-0.1, -0.05) is 56.0 Å². The molecule has 1 aliphatic rings. The molecular formula is C22H26F3NO. The molecule has 0 bridgehead atoms. The number of nitrogens with zero attached hydrogens (tertiary/aromatic N) is 1. The Labute approximate surface area is 159 Å². The SMILES string of the molecule is N#C/C=C/C=C/CCC1CCC(CCc2ccc(OC(F)(F)F)cc2)CC1. The fraction of sp³-hybridized carbons (Fsp3) is 0.500. The zero-order valence-electron chi connectivity index (χ0n) is 15.4. The van der Waals surface area contributed by atoms with Gasteiger partial charge in [-0.25, -0.2) is 0 Å². The Morgan fingerprint density at radius 1 is 1.00 bits per heavy atom. The average molecular weight is 377 g/mol. The Hall–Kier alpha value is -2.22. The molecule has 1 saturated carbocycles. The summed E-state index contributed by atoms with van der Waals surface area (Å²) in [4.78, 5) is 0. The minimum Gasteiger partial charge on any atom is -0.406 e. The lowest BCUT2D eigenvalue weighted by Crippen LogP contribution is -2.17. The summed E-state index contributed by atoms with van der Waals surface area (Å²) in [6, 6.07) is 8.18. The van der Waals surface area contributed by atoms with Crippen LogP contribution in [0.15, 0.2) is 48.6 Å². The molecule has 0 radical (unpaired) electrons. The molecule has 2 nitrogen and oxygen atoms in total. The zero-order valence-corrected chi connectivity index (χ0v) is 15.4. The molecule has 0 N–H and O–H groups in total. The first-order valence-corrected chi connectivity index (χ1v) is 9.52. The molecule has 2 rings (SSSR count). The summed E-state index contributed by atoms with van der Waals surface area (Å²) in [6.45, 7) is 0. The van der Waals surface area contributed by atoms with Gasteiger partial charge in [-0.15, -0.1) is 13.2 Å². The van der Waals surface area contributed by atoms with E-state index in [9.17, 15) is 13.2 Å². The fourth-order valence-electron chi connectivity index (χ4n) is 3.64. The van der Waals surface area contributed by atoms with Crippen LogP contribution in [0.1, 0.15) is 50.5 Å². The number of aryl methyl sites for hydroxylation is 1. The minimum atomic E-state index is -4.64. The Kier molecular flexibility index (Phi) is 8.44. The molecule has 0 atom stereocenters. The van der Waals surface area contributed by atoms with Gasteiger partial charge in [0.05, 0.1) is 6.07 Å². The molecule has 0 aromatic heterocycles. The van der Waals surface area contributed by atoms with Crippen molar-refractivity contribution in [2.75, 3.05) is 0 Å². The van der Waals surface area contributed by atoms with Crippen LogP contribution in [0, 0.1) is 23.2 Å². The molecule has 0 saturated heterocycles. The number of halogens is 3. The molecular weight excluding hydrogens is 351 g/mol. The molecule has 0 spiro atoms. The van der Waals surface area contributed by atoms with Gasteiger partial charge in [0.2, 0.25) is 0 Å². The highest BCUT2D eigenvalue weighted by molar-refractivity contribution is 5.27. The second kappa shape index (κ2) is 10.8. The van der Waals surface area contributed by atoms with Gasteiger partial charge in [0.1, 0.15) is 5.75 Å². The highest BCUT2D eigenvalue weighted by Crippen LogP contribution is 2.34. The van der Waals surface area contributed by atoms with E-state index in [2.05, 4.69) is 10.8 Å². The molecule has 1 fully saturated rings. The quantitative estimate of drug-likeness (QED) is 0.371. The van der Waals surface area contributed by atoms with Crippen molar-refractivity contribution in [1.29, 1.82) is 5.26 Å². The summed E-state index contributed by atoms with van der Waals surface area (Å²) in [5.41, 5.74) is 1.06. The zero-order chi connectivity index (χ0) is 19.5. The van der Waals surface area contributed by atoms with Crippen LogP contribution in [-0.2, 0) is 6.42 Å². The Balaban J connectivity index is 1.64. The van der Waals surface area contributed by atoms with E-state index in [0.717, 1.165) is 30.7 Å². The van der Waals surface area contributed by atoms with Gasteiger partial charge in [0.15, 0.2) is 0 Å². The number of alkyl halides is 3. The first kappa shape index (κ1) is 21.1. The van der Waals surface area contributed by atoms with Gasteiger partial charge in [-0.2, -0.15) is 5.26 Å². The highest BCUT2D eigenvalue weighted by Gasteiger charge is 2.31. The van der Waals surface area contributed by atoms with E-state index in [1.54, 1.807) is 18.2 Å². The fourth-order valence-corrected chi connectivity index (χ4v) is 3.64. The molecule has 1 aliphatic carbocycles. The number of hydrogen-bond acceptors (Lipinski definition) is 2. The van der Waals surface area contributed by atoms with Crippen LogP contribution in [-0.4, -0.2) is 6.36 Å². The maximum Gasteiger partial charge on any atom is 0.573 e. The summed E-state index contributed by atoms with van der Waals surface area (Å²) < 4.78 is 40.4. The number of benzene rings is 1. The standard InChI is InChI=1S/C22H26F3NO/c23-22(24,25)27-21-15-13-20(14-16-21)12-11-19-9-7-18(8-10-19)6-4-2-1-3-5-17-26/h1-3,5,13-16,18-19H,4,6-12H2/b2-1+,5-3+. The van der Waals surface area contributed by atoms with Gasteiger partial charge in [0.25, 0.3) is 0 Å². The lowest BCUT2D eigenvalue weighted by atomic mass is 9.78. The number of nitriles is 1. The van der Waals surface area contributed by atoms with E-state index < -0.39 is 6.36 Å². The molecule has 5 heteroatoms. The predicted molar refractivity (Wildman–Crippen MR) is 100 cm³/mol. The van der Waals surface area contributed by atoms with Crippen LogP contribution in [0.25, 0.3) is 0 Å². The Bertz CT molecular complexity index is 648. The van der Waals surface area contributed by atoms with Crippen molar-refractivity contribution < 1.29 is 17.9 Å². The first-order valence-electron chi connectivity index (χ1n) is 9.52. The van der Waals surface area contributed by atoms with Crippen LogP contribution in [0.3, 0.4) is 0 Å². The summed E-state index contributed by atoms with van der Waals surface area (Å²) in [5, 5.41) is 8.40. The van der Waals surface area contributed by atoms with E-state index in [1.807, 2.05) is 12.1 Å². The van der Waals surface area contributed by atoms with E-state index in [-0.39, 0.29) is 5.75 Å². The van der Waals surface area contributed by atoms with Gasteiger partial charge < -0.3 is 4.74 Å². The Morgan fingerprint density at radius 2 is 1.63 bits per heavy atom. The normalized spacial score (nSPS) is 20.8. The molecule has 1 aromatic rings. The molecule has 0 aliphatic heterocycles. The van der Waals surface area contributed by atoms with Crippen molar-refractivity contribution in [3.05, 3.63) is 54.1 Å². The molecule has 27 heavy (non-hydrogen) atoms. The Morgan fingerprint density at radius 3 is 2.22 bits per heavy atom. The molecule has 146 valence electrons. The lowest BCUT2D eigenvalue weighted by molar-refractivity contribution is -0.274. The monoisotopic (exact) mass is 377 g/mol. The third-order valence-corrected chi connectivity index (χ3v) is 5.12. The summed E-state index contributed by atoms with van der Waals surface area (Å²) in [5.74, 6) is 1.33. The van der Waals surface area contributed by atoms with Crippen LogP contribution < -0.4 is 4.74 Å². The van der Waals surface area contributed by atoms with E-state index >= 15 is 0 Å². The van der Waals surface area contributed by atoms with Crippen LogP contribution in [0.4, 0.5) is 13.2 Å². The van der Waals surface area contributed by atoms with Crippen molar-refractivity contribution in [2.24, 2.45) is 11.8 Å². The minimum absolute atomic E-state index is 0.163. The van der Waals surface area contributed by atoms with Crippen molar-refractivity contribution in [3.8, 4) is 11.8 Å². The second-order valence-corrected chi connectivity index (χ2v) is 7.11. The van der Waals surface area contributed by atoms with Gasteiger partial charge in [0, 0.05) is 6.08 Å². The van der Waals surface area contributed by atoms with E-state index in [4.69, 9.17) is 5.26 Å². The molecule has 1 aromatic carbocycles. The summed E-state index contributed by atoms with van der Waals surface area (Å²) in [7, 11) is 0. The lowest BCUT2D eigenvalue weighted by Gasteiger charge is -2.28. The number of hydrogen-bond donors (Lipinski definition) is 0. The van der Waals surface area contributed by atoms with Gasteiger partial charge in [-0.3, -0.25) is 0 Å². The smallest absolute Gasteiger partial charge is 0.406 e. The maximum absolute atomic E-state index is 12.2. The van der Waals surface area contributed by atoms with Crippen LogP contribution in [0.2, 0.25) is 0 Å². The molecule has 0 unspecified atom stereocenters. The predicted octanol–water partition coefficient (Wildman–Crippen LogP) is 6.74. The summed E-state index contributed by atoms with van der Waals surface area (Å²) >= 11 is 0. The van der Waals surface area contributed by atoms with Gasteiger partial charge in [-0.05, 0) is 55.2 Å². The van der Waals surface area contributed by atoms with E-state index in [0.29, 0.717) is 5.92 Å². The number of allylic oxidation sites excluding steroid dienone is 4. The summed E-state index contributed by atoms with van der Waals surface area (Å²) in [6.07, 6.45) is 11.9. The second-order valence-electron chi connectivity index (χ2n) is 7.11. The van der Waals surface area contributed by atoms with Crippen molar-refractivity contribution in [3.63, 3.8) is 0 Å². The number of rotatable bonds is 8. The van der Waals surface area contributed by atoms with Crippen molar-refractivity contribution in [2.45, 2.75) is 57.7 Å². The number of ether oxygens (including phenoxy) is 1. The topological polar surface area (TPSA) is 33.0 Å². The highest BCUT2D eigenvalue weighted by atomic mass is 19.4. The average Bonchev–Trinajstić information content (AvgIpc) is 2.64. The van der Waals surface area contributed by atoms with Crippen molar-refractivity contribution >= 4 is 0 Å². The van der Waals surface area contributed by atoms with Crippen molar-refractivity contribution in [1.82, 2.24) is 0 Å². The maximum atomic E-state index is 12.2. The van der Waals surface area contributed by atoms with Crippen LogP contribution >= 0.6 is 0 Å². The first-order chi connectivity index (χ1) is 13.0. The largest absolute Gasteiger partial charge is 0.573 e. The molecule has 0 heterocycles. The van der Waals surface area contributed by atoms with Crippen LogP contribution in [0.5, 0.6) is 5.75 Å². The third-order valence-electron chi connectivity index (χ3n) is 5.12. The van der Waals surface area contributed by atoms with E-state index in [1.165, 1.54) is 50.3 Å².